The summed E-state index contributed by atoms with van der Waals surface area (Å²) in [5.74, 6) is 0. The van der Waals surface area contributed by atoms with Gasteiger partial charge in [0.15, 0.2) is 0 Å². The highest BCUT2D eigenvalue weighted by atomic mass is 14.8. The van der Waals surface area contributed by atoms with E-state index in [1.54, 1.807) is 6.20 Å². The lowest BCUT2D eigenvalue weighted by molar-refractivity contribution is 0.957. The van der Waals surface area contributed by atoms with Gasteiger partial charge in [-0.25, -0.2) is 9.97 Å². The normalized spacial score (nSPS) is 13.3. The van der Waals surface area contributed by atoms with Crippen LogP contribution < -0.4 is 16.3 Å². The second-order valence-electron chi connectivity index (χ2n) is 2.45. The second-order valence-corrected chi connectivity index (χ2v) is 2.45. The molecular weight excluding hydrogens is 164 g/mol. The highest BCUT2D eigenvalue weighted by Gasteiger charge is 1.94. The minimum atomic E-state index is 0.712. The van der Waals surface area contributed by atoms with Crippen molar-refractivity contribution in [2.75, 3.05) is 0 Å². The molecule has 4 heteroatoms. The van der Waals surface area contributed by atoms with Crippen LogP contribution in [0.3, 0.4) is 0 Å². The van der Waals surface area contributed by atoms with Crippen molar-refractivity contribution >= 4 is 19.1 Å². The van der Waals surface area contributed by atoms with Gasteiger partial charge >= 0.3 is 0 Å². The van der Waals surface area contributed by atoms with Crippen LogP contribution in [0.4, 0.5) is 0 Å². The van der Waals surface area contributed by atoms with E-state index in [1.165, 1.54) is 12.5 Å². The van der Waals surface area contributed by atoms with Crippen molar-refractivity contribution in [1.82, 2.24) is 9.97 Å². The minimum Gasteiger partial charge on any atom is -0.404 e. The highest BCUT2D eigenvalue weighted by molar-refractivity contribution is 5.36. The molecule has 0 radical (unpaired) electrons. The Morgan fingerprint density at radius 1 is 1.62 bits per heavy atom. The molecule has 0 atom stereocenters. The predicted molar refractivity (Wildman–Crippen MR) is 53.3 cm³/mol. The molecule has 0 fully saturated rings. The Morgan fingerprint density at radius 2 is 2.38 bits per heavy atom. The summed E-state index contributed by atoms with van der Waals surface area (Å²) in [5.41, 5.74) is 6.39. The second kappa shape index (κ2) is 4.35. The number of aromatic nitrogens is 2. The average Bonchev–Trinajstić information content (AvgIpc) is 2.18. The first kappa shape index (κ1) is 9.38. The summed E-state index contributed by atoms with van der Waals surface area (Å²) in [6.07, 6.45) is 5.39. The lowest BCUT2D eigenvalue weighted by Crippen LogP contribution is -2.33. The van der Waals surface area contributed by atoms with Gasteiger partial charge in [-0.05, 0) is 13.1 Å². The highest BCUT2D eigenvalue weighted by Crippen LogP contribution is 1.80. The van der Waals surface area contributed by atoms with Gasteiger partial charge in [-0.15, -0.1) is 0 Å². The summed E-state index contributed by atoms with van der Waals surface area (Å²) in [6.45, 7) is 5.38. The summed E-state index contributed by atoms with van der Waals surface area (Å²) in [6, 6.07) is 0. The Labute approximate surface area is 76.6 Å². The van der Waals surface area contributed by atoms with Gasteiger partial charge in [-0.3, -0.25) is 4.99 Å². The van der Waals surface area contributed by atoms with Gasteiger partial charge in [0.05, 0.1) is 17.2 Å². The average molecular weight is 176 g/mol. The van der Waals surface area contributed by atoms with Crippen LogP contribution in [0.15, 0.2) is 11.3 Å². The molecule has 0 aliphatic carbocycles. The van der Waals surface area contributed by atoms with E-state index in [1.807, 2.05) is 6.92 Å². The molecule has 0 aliphatic rings. The van der Waals surface area contributed by atoms with E-state index < -0.39 is 0 Å². The number of hydrogen-bond acceptors (Lipinski definition) is 4. The first-order valence-electron chi connectivity index (χ1n) is 4.01. The Hall–Kier alpha value is -1.71. The summed E-state index contributed by atoms with van der Waals surface area (Å²) < 4.78 is 0. The third kappa shape index (κ3) is 1.90. The van der Waals surface area contributed by atoms with E-state index in [4.69, 9.17) is 5.73 Å². The number of rotatable bonds is 2. The maximum atomic E-state index is 5.47. The van der Waals surface area contributed by atoms with Crippen molar-refractivity contribution in [3.8, 4) is 0 Å². The lowest BCUT2D eigenvalue weighted by atomic mass is 10.2. The predicted octanol–water partition coefficient (Wildman–Crippen LogP) is -0.826. The fraction of sp³-hybridized carbons (Fsp3) is 0.222. The zero-order chi connectivity index (χ0) is 9.68. The van der Waals surface area contributed by atoms with Gasteiger partial charge in [-0.1, -0.05) is 6.92 Å². The van der Waals surface area contributed by atoms with Crippen LogP contribution in [0, 0.1) is 0 Å². The fourth-order valence-corrected chi connectivity index (χ4v) is 1.10. The molecule has 4 nitrogen and oxygen atoms in total. The van der Waals surface area contributed by atoms with Crippen LogP contribution in [-0.2, 0) is 6.42 Å². The first-order valence-corrected chi connectivity index (χ1v) is 4.01. The van der Waals surface area contributed by atoms with E-state index >= 15 is 0 Å². The van der Waals surface area contributed by atoms with Gasteiger partial charge in [0.25, 0.3) is 0 Å². The molecule has 0 amide bonds. The van der Waals surface area contributed by atoms with Crippen LogP contribution in [0.5, 0.6) is 0 Å². The van der Waals surface area contributed by atoms with Crippen molar-refractivity contribution in [2.24, 2.45) is 10.7 Å². The Kier molecular flexibility index (Phi) is 3.14. The molecule has 0 saturated carbocycles. The van der Waals surface area contributed by atoms with E-state index in [0.29, 0.717) is 5.35 Å². The molecular formula is C9H12N4. The van der Waals surface area contributed by atoms with Crippen LogP contribution in [0.1, 0.15) is 12.6 Å². The zero-order valence-electron chi connectivity index (χ0n) is 7.57. The minimum absolute atomic E-state index is 0.712. The Bertz CT molecular complexity index is 408. The Balaban J connectivity index is 3.56. The molecule has 1 aromatic heterocycles. The molecule has 0 unspecified atom stereocenters. The molecule has 68 valence electrons. The molecule has 1 rings (SSSR count). The maximum Gasteiger partial charge on any atom is 0.116 e. The molecule has 1 aromatic rings. The Morgan fingerprint density at radius 3 is 2.92 bits per heavy atom. The zero-order valence-corrected chi connectivity index (χ0v) is 7.57. The molecule has 0 bridgehead atoms. The molecule has 0 saturated heterocycles. The molecule has 0 spiro atoms. The summed E-state index contributed by atoms with van der Waals surface area (Å²) in [5, 5.41) is 1.54. The summed E-state index contributed by atoms with van der Waals surface area (Å²) in [7, 11) is 0. The fourth-order valence-electron chi connectivity index (χ4n) is 1.10. The number of nitrogens with two attached hydrogens (primary N) is 1. The quantitative estimate of drug-likeness (QED) is 0.598. The maximum absolute atomic E-state index is 5.47. The largest absolute Gasteiger partial charge is 0.404 e. The lowest BCUT2D eigenvalue weighted by Gasteiger charge is -1.95. The molecule has 1 heterocycles. The number of nitrogens with zero attached hydrogens (tertiary/aromatic N) is 3. The van der Waals surface area contributed by atoms with Crippen molar-refractivity contribution in [3.63, 3.8) is 0 Å². The van der Waals surface area contributed by atoms with Gasteiger partial charge in [0.2, 0.25) is 0 Å². The third-order valence-electron chi connectivity index (χ3n) is 1.71. The van der Waals surface area contributed by atoms with Crippen molar-refractivity contribution in [3.05, 3.63) is 22.6 Å². The summed E-state index contributed by atoms with van der Waals surface area (Å²) >= 11 is 0. The van der Waals surface area contributed by atoms with Crippen LogP contribution >= 0.6 is 0 Å². The standard InChI is InChI=1S/C9H12N4/c1-3-8-7(4-10)9(5-11-2)13-6-12-8/h4-6H,2-3,10H2,1H3/b7-4-,9-5+. The number of aryl methyl sites for hydroxylation is 1. The smallest absolute Gasteiger partial charge is 0.116 e. The monoisotopic (exact) mass is 176 g/mol. The molecule has 0 aromatic carbocycles. The molecule has 13 heavy (non-hydrogen) atoms. The van der Waals surface area contributed by atoms with Gasteiger partial charge in [0, 0.05) is 11.4 Å². The molecule has 2 N–H and O–H groups in total. The first-order chi connectivity index (χ1) is 6.33. The van der Waals surface area contributed by atoms with Crippen LogP contribution in [0.2, 0.25) is 0 Å². The van der Waals surface area contributed by atoms with Crippen LogP contribution in [-0.4, -0.2) is 16.7 Å². The van der Waals surface area contributed by atoms with Gasteiger partial charge in [0.1, 0.15) is 6.33 Å². The SMILES string of the molecule is C=N/C=c1/ncnc(CC)/c1=C/N. The topological polar surface area (TPSA) is 64.2 Å². The molecule has 0 aliphatic heterocycles. The van der Waals surface area contributed by atoms with Crippen molar-refractivity contribution < 1.29 is 0 Å². The van der Waals surface area contributed by atoms with Gasteiger partial charge < -0.3 is 5.73 Å². The van der Waals surface area contributed by atoms with Gasteiger partial charge in [-0.2, -0.15) is 0 Å². The number of hydrogen-bond donors (Lipinski definition) is 1. The van der Waals surface area contributed by atoms with Crippen LogP contribution in [0.25, 0.3) is 12.4 Å². The van der Waals surface area contributed by atoms with E-state index in [-0.39, 0.29) is 0 Å². The van der Waals surface area contributed by atoms with Crippen molar-refractivity contribution in [1.29, 1.82) is 0 Å². The number of aliphatic imine (C=N–C) groups is 1. The van der Waals surface area contributed by atoms with E-state index in [9.17, 15) is 0 Å². The van der Waals surface area contributed by atoms with E-state index in [0.717, 1.165) is 17.3 Å². The third-order valence-corrected chi connectivity index (χ3v) is 1.71. The van der Waals surface area contributed by atoms with Crippen molar-refractivity contribution in [2.45, 2.75) is 13.3 Å². The summed E-state index contributed by atoms with van der Waals surface area (Å²) in [4.78, 5) is 11.8. The van der Waals surface area contributed by atoms with E-state index in [2.05, 4.69) is 21.7 Å².